The molecule has 3 aliphatic carbocycles. The van der Waals surface area contributed by atoms with Crippen LogP contribution in [0.25, 0.3) is 0 Å². The summed E-state index contributed by atoms with van der Waals surface area (Å²) < 4.78 is 14.8. The lowest BCUT2D eigenvalue weighted by Crippen LogP contribution is -2.54. The van der Waals surface area contributed by atoms with Gasteiger partial charge in [0, 0.05) is 11.8 Å². The third-order valence-electron chi connectivity index (χ3n) is 5.22. The van der Waals surface area contributed by atoms with Crippen LogP contribution in [-0.2, 0) is 33.4 Å². The van der Waals surface area contributed by atoms with Crippen molar-refractivity contribution in [3.05, 3.63) is 11.3 Å². The molecule has 5 rings (SSSR count). The highest BCUT2D eigenvalue weighted by atomic mass is 16.6. The summed E-state index contributed by atoms with van der Waals surface area (Å²) in [5.41, 5.74) is 0.725. The Hall–Kier alpha value is -2.18. The molecule has 2 saturated heterocycles. The molecule has 0 spiro atoms. The molecule has 0 radical (unpaired) electrons. The SMILES string of the molecule is COC1=C(C)C2[C@H]3C(=O)OC(=O)[C@H]3C1[C@H]1C(=O)OC(=O)[C@@H]21. The van der Waals surface area contributed by atoms with Gasteiger partial charge in [0.15, 0.2) is 0 Å². The Kier molecular flexibility index (Phi) is 2.22. The molecule has 7 heteroatoms. The standard InChI is InChI=1S/C14H12O7/c1-3-4-6-8(13(17)20-11(6)15)5(10(3)19-2)9-7(4)12(16)21-14(9)18/h4-9H,1-2H3/t4?,5?,6-,7+,8+,9-. The molecule has 2 bridgehead atoms. The van der Waals surface area contributed by atoms with Gasteiger partial charge in [0.1, 0.15) is 0 Å². The number of cyclic esters (lactones) is 4. The first-order chi connectivity index (χ1) is 9.97. The van der Waals surface area contributed by atoms with Crippen molar-refractivity contribution in [2.75, 3.05) is 7.11 Å². The van der Waals surface area contributed by atoms with Crippen LogP contribution in [0.5, 0.6) is 0 Å². The van der Waals surface area contributed by atoms with Gasteiger partial charge in [-0.3, -0.25) is 19.2 Å². The Morgan fingerprint density at radius 1 is 0.714 bits per heavy atom. The number of hydrogen-bond acceptors (Lipinski definition) is 7. The van der Waals surface area contributed by atoms with E-state index in [9.17, 15) is 19.2 Å². The number of methoxy groups -OCH3 is 1. The van der Waals surface area contributed by atoms with E-state index in [1.165, 1.54) is 7.11 Å². The van der Waals surface area contributed by atoms with Crippen molar-refractivity contribution < 1.29 is 33.4 Å². The largest absolute Gasteiger partial charge is 0.501 e. The van der Waals surface area contributed by atoms with Crippen LogP contribution >= 0.6 is 0 Å². The maximum atomic E-state index is 12.0. The van der Waals surface area contributed by atoms with Gasteiger partial charge in [0.25, 0.3) is 0 Å². The number of allylic oxidation sites excluding steroid dienone is 2. The molecule has 21 heavy (non-hydrogen) atoms. The lowest BCUT2D eigenvalue weighted by molar-refractivity contribution is -0.154. The quantitative estimate of drug-likeness (QED) is 0.487. The Morgan fingerprint density at radius 3 is 1.48 bits per heavy atom. The fraction of sp³-hybridized carbons (Fsp3) is 0.571. The first kappa shape index (κ1) is 12.6. The highest BCUT2D eigenvalue weighted by molar-refractivity contribution is 6.03. The molecule has 0 aromatic carbocycles. The maximum absolute atomic E-state index is 12.0. The molecule has 0 aromatic rings. The molecule has 0 amide bonds. The van der Waals surface area contributed by atoms with E-state index in [4.69, 9.17) is 14.2 Å². The minimum Gasteiger partial charge on any atom is -0.501 e. The molecule has 3 fully saturated rings. The first-order valence-electron chi connectivity index (χ1n) is 6.73. The third-order valence-corrected chi connectivity index (χ3v) is 5.22. The number of carbonyl (C=O) groups excluding carboxylic acids is 4. The summed E-state index contributed by atoms with van der Waals surface area (Å²) in [6.07, 6.45) is 0. The summed E-state index contributed by atoms with van der Waals surface area (Å²) >= 11 is 0. The van der Waals surface area contributed by atoms with Crippen molar-refractivity contribution in [3.63, 3.8) is 0 Å². The molecule has 6 atom stereocenters. The summed E-state index contributed by atoms with van der Waals surface area (Å²) in [5, 5.41) is 0. The molecule has 2 unspecified atom stereocenters. The summed E-state index contributed by atoms with van der Waals surface area (Å²) in [6, 6.07) is 0. The molecule has 0 aromatic heterocycles. The van der Waals surface area contributed by atoms with E-state index in [1.54, 1.807) is 6.92 Å². The fourth-order valence-corrected chi connectivity index (χ4v) is 4.57. The average Bonchev–Trinajstić information content (AvgIpc) is 2.89. The summed E-state index contributed by atoms with van der Waals surface area (Å²) in [7, 11) is 1.45. The topological polar surface area (TPSA) is 96.0 Å². The summed E-state index contributed by atoms with van der Waals surface area (Å²) in [5.74, 6) is -6.24. The number of hydrogen-bond donors (Lipinski definition) is 0. The van der Waals surface area contributed by atoms with Crippen LogP contribution in [0.4, 0.5) is 0 Å². The van der Waals surface area contributed by atoms with E-state index in [0.29, 0.717) is 5.76 Å². The maximum Gasteiger partial charge on any atom is 0.318 e. The lowest BCUT2D eigenvalue weighted by Gasteiger charge is -2.47. The van der Waals surface area contributed by atoms with Crippen LogP contribution < -0.4 is 0 Å². The molecular formula is C14H12O7. The van der Waals surface area contributed by atoms with Crippen LogP contribution in [0.15, 0.2) is 11.3 Å². The van der Waals surface area contributed by atoms with E-state index in [-0.39, 0.29) is 0 Å². The predicted octanol–water partition coefficient (Wildman–Crippen LogP) is -0.202. The molecule has 5 aliphatic rings. The van der Waals surface area contributed by atoms with Crippen molar-refractivity contribution in [1.29, 1.82) is 0 Å². The minimum atomic E-state index is -0.763. The van der Waals surface area contributed by atoms with E-state index >= 15 is 0 Å². The highest BCUT2D eigenvalue weighted by Gasteiger charge is 2.71. The lowest BCUT2D eigenvalue weighted by atomic mass is 9.51. The van der Waals surface area contributed by atoms with Crippen molar-refractivity contribution in [2.24, 2.45) is 35.5 Å². The van der Waals surface area contributed by atoms with Gasteiger partial charge in [-0.1, -0.05) is 0 Å². The second-order valence-corrected chi connectivity index (χ2v) is 5.89. The van der Waals surface area contributed by atoms with Crippen molar-refractivity contribution in [2.45, 2.75) is 6.92 Å². The van der Waals surface area contributed by atoms with Crippen LogP contribution in [0.3, 0.4) is 0 Å². The number of rotatable bonds is 1. The normalized spacial score (nSPS) is 43.7. The van der Waals surface area contributed by atoms with Crippen molar-refractivity contribution in [3.8, 4) is 0 Å². The number of ether oxygens (including phenoxy) is 3. The summed E-state index contributed by atoms with van der Waals surface area (Å²) in [6.45, 7) is 1.76. The molecule has 7 nitrogen and oxygen atoms in total. The fourth-order valence-electron chi connectivity index (χ4n) is 4.57. The second kappa shape index (κ2) is 3.72. The molecule has 2 heterocycles. The highest BCUT2D eigenvalue weighted by Crippen LogP contribution is 2.61. The van der Waals surface area contributed by atoms with Crippen molar-refractivity contribution in [1.82, 2.24) is 0 Å². The van der Waals surface area contributed by atoms with E-state index in [0.717, 1.165) is 5.57 Å². The number of esters is 4. The van der Waals surface area contributed by atoms with Gasteiger partial charge in [-0.2, -0.15) is 0 Å². The minimum absolute atomic E-state index is 0.501. The second-order valence-electron chi connectivity index (χ2n) is 5.89. The van der Waals surface area contributed by atoms with Crippen LogP contribution in [0.1, 0.15) is 6.92 Å². The summed E-state index contributed by atoms with van der Waals surface area (Å²) in [4.78, 5) is 48.0. The Labute approximate surface area is 119 Å². The third kappa shape index (κ3) is 1.25. The van der Waals surface area contributed by atoms with E-state index in [2.05, 4.69) is 0 Å². The predicted molar refractivity (Wildman–Crippen MR) is 62.8 cm³/mol. The van der Waals surface area contributed by atoms with Gasteiger partial charge in [0.2, 0.25) is 0 Å². The van der Waals surface area contributed by atoms with Gasteiger partial charge in [0.05, 0.1) is 36.5 Å². The van der Waals surface area contributed by atoms with Crippen LogP contribution in [0.2, 0.25) is 0 Å². The molecule has 1 saturated carbocycles. The monoisotopic (exact) mass is 292 g/mol. The Bertz CT molecular complexity index is 604. The zero-order valence-corrected chi connectivity index (χ0v) is 11.3. The van der Waals surface area contributed by atoms with Crippen LogP contribution in [0, 0.1) is 35.5 Å². The van der Waals surface area contributed by atoms with Gasteiger partial charge in [-0.15, -0.1) is 0 Å². The zero-order valence-electron chi connectivity index (χ0n) is 11.3. The Balaban J connectivity index is 1.95. The Morgan fingerprint density at radius 2 is 1.10 bits per heavy atom. The van der Waals surface area contributed by atoms with Gasteiger partial charge in [-0.25, -0.2) is 0 Å². The molecule has 110 valence electrons. The van der Waals surface area contributed by atoms with E-state index < -0.39 is 59.4 Å². The molecule has 0 N–H and O–H groups in total. The van der Waals surface area contributed by atoms with Crippen molar-refractivity contribution >= 4 is 23.9 Å². The number of carbonyl (C=O) groups is 4. The first-order valence-corrected chi connectivity index (χ1v) is 6.73. The van der Waals surface area contributed by atoms with Gasteiger partial charge >= 0.3 is 23.9 Å². The average molecular weight is 292 g/mol. The van der Waals surface area contributed by atoms with Crippen LogP contribution in [-0.4, -0.2) is 31.0 Å². The molecule has 2 aliphatic heterocycles. The molecular weight excluding hydrogens is 280 g/mol. The van der Waals surface area contributed by atoms with E-state index in [1.807, 2.05) is 0 Å². The van der Waals surface area contributed by atoms with Gasteiger partial charge < -0.3 is 14.2 Å². The zero-order chi connectivity index (χ0) is 15.0. The van der Waals surface area contributed by atoms with Gasteiger partial charge in [-0.05, 0) is 12.5 Å². The smallest absolute Gasteiger partial charge is 0.318 e.